The van der Waals surface area contributed by atoms with Gasteiger partial charge in [-0.15, -0.1) is 0 Å². The Morgan fingerprint density at radius 2 is 1.79 bits per heavy atom. The summed E-state index contributed by atoms with van der Waals surface area (Å²) in [4.78, 5) is 37.0. The summed E-state index contributed by atoms with van der Waals surface area (Å²) in [5.41, 5.74) is 1.35. The standard InChI is InChI=1S/C27H27N3O4/c1-18(2)15-30-25-22(26(33)28(3)27(30)34)17-29(23(25)13-6-7-14-24(31)32)16-20-11-8-10-19-9-4-5-12-21(19)20/h4-5,8-12,17-18H,7,14-16H2,1-3H3,(H,31,32). The van der Waals surface area contributed by atoms with Crippen molar-refractivity contribution in [3.63, 3.8) is 0 Å². The van der Waals surface area contributed by atoms with Crippen molar-refractivity contribution in [2.45, 2.75) is 39.8 Å². The van der Waals surface area contributed by atoms with E-state index < -0.39 is 5.97 Å². The van der Waals surface area contributed by atoms with Crippen LogP contribution in [-0.2, 0) is 24.9 Å². The summed E-state index contributed by atoms with van der Waals surface area (Å²) in [5.74, 6) is 5.28. The van der Waals surface area contributed by atoms with Gasteiger partial charge in [-0.3, -0.25) is 18.7 Å². The van der Waals surface area contributed by atoms with Gasteiger partial charge in [-0.25, -0.2) is 4.79 Å². The first-order chi connectivity index (χ1) is 16.3. The molecule has 0 fully saturated rings. The molecule has 4 aromatic rings. The van der Waals surface area contributed by atoms with Crippen molar-refractivity contribution in [1.82, 2.24) is 13.7 Å². The lowest BCUT2D eigenvalue weighted by molar-refractivity contribution is -0.136. The van der Waals surface area contributed by atoms with Crippen molar-refractivity contribution in [2.24, 2.45) is 13.0 Å². The Balaban J connectivity index is 1.97. The monoisotopic (exact) mass is 457 g/mol. The van der Waals surface area contributed by atoms with E-state index in [1.165, 1.54) is 7.05 Å². The van der Waals surface area contributed by atoms with E-state index >= 15 is 0 Å². The Bertz CT molecular complexity index is 1570. The summed E-state index contributed by atoms with van der Waals surface area (Å²) < 4.78 is 4.65. The van der Waals surface area contributed by atoms with E-state index in [0.717, 1.165) is 20.9 Å². The van der Waals surface area contributed by atoms with Gasteiger partial charge >= 0.3 is 11.7 Å². The van der Waals surface area contributed by atoms with Crippen LogP contribution in [0.1, 0.15) is 37.9 Å². The highest BCUT2D eigenvalue weighted by atomic mass is 16.4. The molecule has 0 aliphatic rings. The highest BCUT2D eigenvalue weighted by Gasteiger charge is 2.19. The smallest absolute Gasteiger partial charge is 0.331 e. The topological polar surface area (TPSA) is 86.2 Å². The molecule has 4 rings (SSSR count). The minimum Gasteiger partial charge on any atom is -0.481 e. The molecule has 0 saturated heterocycles. The molecule has 0 saturated carbocycles. The second-order valence-electron chi connectivity index (χ2n) is 8.85. The average molecular weight is 458 g/mol. The highest BCUT2D eigenvalue weighted by Crippen LogP contribution is 2.23. The minimum atomic E-state index is -0.920. The third kappa shape index (κ3) is 4.40. The molecule has 0 amide bonds. The van der Waals surface area contributed by atoms with E-state index in [0.29, 0.717) is 29.7 Å². The molecule has 7 nitrogen and oxygen atoms in total. The van der Waals surface area contributed by atoms with Crippen LogP contribution >= 0.6 is 0 Å². The molecule has 2 aromatic heterocycles. The molecular weight excluding hydrogens is 430 g/mol. The highest BCUT2D eigenvalue weighted by molar-refractivity contribution is 5.87. The second kappa shape index (κ2) is 9.44. The largest absolute Gasteiger partial charge is 0.481 e. The van der Waals surface area contributed by atoms with Crippen LogP contribution in [0.4, 0.5) is 0 Å². The SMILES string of the molecule is CC(C)Cn1c(=O)n(C)c(=O)c2cn(Cc3cccc4ccccc34)c(C#CCCC(=O)O)c21. The third-order valence-corrected chi connectivity index (χ3v) is 5.81. The predicted molar refractivity (Wildman–Crippen MR) is 133 cm³/mol. The summed E-state index contributed by atoms with van der Waals surface area (Å²) in [6.45, 7) is 4.91. The molecule has 2 aromatic carbocycles. The number of carboxylic acid groups (broad SMARTS) is 1. The van der Waals surface area contributed by atoms with Crippen LogP contribution in [0.5, 0.6) is 0 Å². The van der Waals surface area contributed by atoms with E-state index in [1.807, 2.05) is 54.8 Å². The fourth-order valence-electron chi connectivity index (χ4n) is 4.24. The molecule has 0 atom stereocenters. The van der Waals surface area contributed by atoms with Crippen molar-refractivity contribution in [3.05, 3.63) is 80.8 Å². The van der Waals surface area contributed by atoms with Crippen LogP contribution in [0, 0.1) is 17.8 Å². The zero-order chi connectivity index (χ0) is 24.4. The minimum absolute atomic E-state index is 0.0739. The van der Waals surface area contributed by atoms with E-state index in [2.05, 4.69) is 17.9 Å². The molecular formula is C27H27N3O4. The van der Waals surface area contributed by atoms with Crippen LogP contribution in [0.3, 0.4) is 0 Å². The first-order valence-corrected chi connectivity index (χ1v) is 11.3. The first-order valence-electron chi connectivity index (χ1n) is 11.3. The Labute approximate surface area is 196 Å². The van der Waals surface area contributed by atoms with Gasteiger partial charge in [0.15, 0.2) is 0 Å². The quantitative estimate of drug-likeness (QED) is 0.449. The third-order valence-electron chi connectivity index (χ3n) is 5.81. The fourth-order valence-corrected chi connectivity index (χ4v) is 4.24. The maximum Gasteiger partial charge on any atom is 0.331 e. The number of hydrogen-bond acceptors (Lipinski definition) is 3. The van der Waals surface area contributed by atoms with E-state index in [4.69, 9.17) is 5.11 Å². The van der Waals surface area contributed by atoms with E-state index in [9.17, 15) is 14.4 Å². The first kappa shape index (κ1) is 23.1. The molecule has 0 aliphatic heterocycles. The number of carboxylic acids is 1. The zero-order valence-corrected chi connectivity index (χ0v) is 19.5. The van der Waals surface area contributed by atoms with Crippen molar-refractivity contribution < 1.29 is 9.90 Å². The van der Waals surface area contributed by atoms with E-state index in [-0.39, 0.29) is 30.0 Å². The molecule has 0 radical (unpaired) electrons. The summed E-state index contributed by atoms with van der Waals surface area (Å²) in [6.07, 6.45) is 1.86. The van der Waals surface area contributed by atoms with Crippen molar-refractivity contribution in [1.29, 1.82) is 0 Å². The summed E-state index contributed by atoms with van der Waals surface area (Å²) in [7, 11) is 1.49. The van der Waals surface area contributed by atoms with Gasteiger partial charge in [0.05, 0.1) is 17.3 Å². The van der Waals surface area contributed by atoms with Crippen LogP contribution in [0.25, 0.3) is 21.7 Å². The predicted octanol–water partition coefficient (Wildman–Crippen LogP) is 3.58. The van der Waals surface area contributed by atoms with Gasteiger partial charge in [0.1, 0.15) is 5.69 Å². The second-order valence-corrected chi connectivity index (χ2v) is 8.85. The number of nitrogens with zero attached hydrogens (tertiary/aromatic N) is 3. The normalized spacial score (nSPS) is 11.2. The fraction of sp³-hybridized carbons (Fsp3) is 0.296. The average Bonchev–Trinajstić information content (AvgIpc) is 3.16. The molecule has 0 bridgehead atoms. The summed E-state index contributed by atoms with van der Waals surface area (Å²) in [5, 5.41) is 11.6. The van der Waals surface area contributed by atoms with Crippen LogP contribution in [0.15, 0.2) is 58.3 Å². The lowest BCUT2D eigenvalue weighted by atomic mass is 10.0. The molecule has 34 heavy (non-hydrogen) atoms. The Hall–Kier alpha value is -4.05. The van der Waals surface area contributed by atoms with Crippen molar-refractivity contribution >= 4 is 27.6 Å². The van der Waals surface area contributed by atoms with Gasteiger partial charge in [-0.05, 0) is 28.2 Å². The van der Waals surface area contributed by atoms with Gasteiger partial charge in [0, 0.05) is 32.8 Å². The van der Waals surface area contributed by atoms with Gasteiger partial charge < -0.3 is 9.67 Å². The molecule has 1 N–H and O–H groups in total. The zero-order valence-electron chi connectivity index (χ0n) is 19.5. The lowest BCUT2D eigenvalue weighted by Gasteiger charge is -2.13. The van der Waals surface area contributed by atoms with E-state index in [1.54, 1.807) is 10.8 Å². The molecule has 0 spiro atoms. The van der Waals surface area contributed by atoms with Gasteiger partial charge in [-0.2, -0.15) is 0 Å². The lowest BCUT2D eigenvalue weighted by Crippen LogP contribution is -2.38. The molecule has 0 unspecified atom stereocenters. The van der Waals surface area contributed by atoms with Crippen molar-refractivity contribution in [3.8, 4) is 11.8 Å². The Morgan fingerprint density at radius 1 is 1.06 bits per heavy atom. The van der Waals surface area contributed by atoms with Gasteiger partial charge in [0.2, 0.25) is 0 Å². The molecule has 7 heteroatoms. The van der Waals surface area contributed by atoms with Crippen LogP contribution in [0.2, 0.25) is 0 Å². The Morgan fingerprint density at radius 3 is 2.53 bits per heavy atom. The summed E-state index contributed by atoms with van der Waals surface area (Å²) >= 11 is 0. The number of benzene rings is 2. The van der Waals surface area contributed by atoms with Gasteiger partial charge in [-0.1, -0.05) is 62.2 Å². The molecule has 174 valence electrons. The number of aliphatic carboxylic acids is 1. The molecule has 2 heterocycles. The Kier molecular flexibility index (Phi) is 6.42. The number of carbonyl (C=O) groups is 1. The maximum absolute atomic E-state index is 13.0. The van der Waals surface area contributed by atoms with Gasteiger partial charge in [0.25, 0.3) is 5.56 Å². The number of rotatable bonds is 6. The van der Waals surface area contributed by atoms with Crippen LogP contribution in [-0.4, -0.2) is 24.8 Å². The number of hydrogen-bond donors (Lipinski definition) is 1. The maximum atomic E-state index is 13.0. The number of fused-ring (bicyclic) bond motifs is 2. The molecule has 0 aliphatic carbocycles. The summed E-state index contributed by atoms with van der Waals surface area (Å²) in [6, 6.07) is 14.2. The van der Waals surface area contributed by atoms with Crippen LogP contribution < -0.4 is 11.2 Å². The van der Waals surface area contributed by atoms with Crippen molar-refractivity contribution in [2.75, 3.05) is 0 Å². The number of aromatic nitrogens is 3.